The molecule has 21 heavy (non-hydrogen) atoms. The SMILES string of the molecule is Cc1ccc(Cl)cc1NC(=O)CNC1CC(C)CC(C)C1. The quantitative estimate of drug-likeness (QED) is 0.882. The van der Waals surface area contributed by atoms with Crippen LogP contribution >= 0.6 is 11.6 Å². The third-order valence-electron chi connectivity index (χ3n) is 4.20. The Balaban J connectivity index is 1.83. The van der Waals surface area contributed by atoms with Gasteiger partial charge in [-0.3, -0.25) is 4.79 Å². The minimum Gasteiger partial charge on any atom is -0.325 e. The third-order valence-corrected chi connectivity index (χ3v) is 4.44. The average Bonchev–Trinajstić information content (AvgIpc) is 2.40. The Morgan fingerprint density at radius 1 is 1.24 bits per heavy atom. The van der Waals surface area contributed by atoms with Crippen LogP contribution in [0.25, 0.3) is 0 Å². The van der Waals surface area contributed by atoms with Crippen LogP contribution < -0.4 is 10.6 Å². The number of amides is 1. The summed E-state index contributed by atoms with van der Waals surface area (Å²) in [6, 6.07) is 5.99. The minimum absolute atomic E-state index is 0.00811. The summed E-state index contributed by atoms with van der Waals surface area (Å²) < 4.78 is 0. The van der Waals surface area contributed by atoms with Gasteiger partial charge in [0.25, 0.3) is 0 Å². The second kappa shape index (κ2) is 7.28. The molecule has 0 heterocycles. The average molecular weight is 309 g/mol. The smallest absolute Gasteiger partial charge is 0.238 e. The molecule has 0 radical (unpaired) electrons. The van der Waals surface area contributed by atoms with E-state index in [1.807, 2.05) is 19.1 Å². The van der Waals surface area contributed by atoms with E-state index in [4.69, 9.17) is 11.6 Å². The van der Waals surface area contributed by atoms with E-state index >= 15 is 0 Å². The number of carbonyl (C=O) groups is 1. The molecule has 2 atom stereocenters. The van der Waals surface area contributed by atoms with E-state index in [2.05, 4.69) is 24.5 Å². The summed E-state index contributed by atoms with van der Waals surface area (Å²) in [6.45, 7) is 6.90. The molecule has 1 fully saturated rings. The van der Waals surface area contributed by atoms with Gasteiger partial charge in [0.05, 0.1) is 6.54 Å². The lowest BCUT2D eigenvalue weighted by molar-refractivity contribution is -0.115. The zero-order valence-electron chi connectivity index (χ0n) is 13.1. The molecule has 1 amide bonds. The van der Waals surface area contributed by atoms with Crippen LogP contribution in [0.5, 0.6) is 0 Å². The van der Waals surface area contributed by atoms with E-state index in [9.17, 15) is 4.79 Å². The Kier molecular flexibility index (Phi) is 5.65. The van der Waals surface area contributed by atoms with Crippen LogP contribution in [0.4, 0.5) is 5.69 Å². The van der Waals surface area contributed by atoms with Crippen LogP contribution in [0.15, 0.2) is 18.2 Å². The first-order chi connectivity index (χ1) is 9.94. The standard InChI is InChI=1S/C17H25ClN2O/c1-11-6-12(2)8-15(7-11)19-10-17(21)20-16-9-14(18)5-4-13(16)3/h4-5,9,11-12,15,19H,6-8,10H2,1-3H3,(H,20,21). The molecule has 1 aromatic rings. The molecule has 0 aromatic heterocycles. The molecule has 1 aliphatic rings. The van der Waals surface area contributed by atoms with Crippen molar-refractivity contribution in [2.24, 2.45) is 11.8 Å². The van der Waals surface area contributed by atoms with Crippen molar-refractivity contribution in [2.75, 3.05) is 11.9 Å². The van der Waals surface area contributed by atoms with Crippen LogP contribution in [-0.4, -0.2) is 18.5 Å². The topological polar surface area (TPSA) is 41.1 Å². The van der Waals surface area contributed by atoms with Crippen LogP contribution in [-0.2, 0) is 4.79 Å². The maximum absolute atomic E-state index is 12.1. The molecule has 2 rings (SSSR count). The molecule has 0 bridgehead atoms. The molecule has 1 saturated carbocycles. The highest BCUT2D eigenvalue weighted by Crippen LogP contribution is 2.28. The van der Waals surface area contributed by atoms with E-state index in [0.29, 0.717) is 17.6 Å². The Morgan fingerprint density at radius 2 is 1.90 bits per heavy atom. The monoisotopic (exact) mass is 308 g/mol. The lowest BCUT2D eigenvalue weighted by atomic mass is 9.80. The molecule has 3 nitrogen and oxygen atoms in total. The van der Waals surface area contributed by atoms with Crippen molar-refractivity contribution in [3.63, 3.8) is 0 Å². The second-order valence-corrected chi connectivity index (χ2v) is 6.94. The van der Waals surface area contributed by atoms with Gasteiger partial charge in [-0.25, -0.2) is 0 Å². The summed E-state index contributed by atoms with van der Waals surface area (Å²) in [4.78, 5) is 12.1. The fourth-order valence-electron chi connectivity index (χ4n) is 3.27. The molecule has 2 unspecified atom stereocenters. The van der Waals surface area contributed by atoms with Crippen molar-refractivity contribution in [1.82, 2.24) is 5.32 Å². The third kappa shape index (κ3) is 5.01. The lowest BCUT2D eigenvalue weighted by Crippen LogP contribution is -2.40. The van der Waals surface area contributed by atoms with E-state index in [1.54, 1.807) is 6.07 Å². The van der Waals surface area contributed by atoms with Gasteiger partial charge in [0.15, 0.2) is 0 Å². The van der Waals surface area contributed by atoms with Gasteiger partial charge in [-0.15, -0.1) is 0 Å². The van der Waals surface area contributed by atoms with Crippen LogP contribution in [0.3, 0.4) is 0 Å². The zero-order valence-corrected chi connectivity index (χ0v) is 13.8. The van der Waals surface area contributed by atoms with Gasteiger partial charge in [-0.05, 0) is 55.7 Å². The van der Waals surface area contributed by atoms with Crippen molar-refractivity contribution in [3.05, 3.63) is 28.8 Å². The molecule has 0 aliphatic heterocycles. The predicted octanol–water partition coefficient (Wildman–Crippen LogP) is 4.00. The van der Waals surface area contributed by atoms with E-state index in [-0.39, 0.29) is 5.91 Å². The van der Waals surface area contributed by atoms with Gasteiger partial charge in [0.1, 0.15) is 0 Å². The van der Waals surface area contributed by atoms with Gasteiger partial charge in [-0.2, -0.15) is 0 Å². The summed E-state index contributed by atoms with van der Waals surface area (Å²) in [5.41, 5.74) is 1.81. The van der Waals surface area contributed by atoms with Gasteiger partial charge >= 0.3 is 0 Å². The van der Waals surface area contributed by atoms with Gasteiger partial charge in [0, 0.05) is 16.8 Å². The highest BCUT2D eigenvalue weighted by Gasteiger charge is 2.23. The van der Waals surface area contributed by atoms with E-state index < -0.39 is 0 Å². The van der Waals surface area contributed by atoms with Gasteiger partial charge in [-0.1, -0.05) is 31.5 Å². The molecule has 0 spiro atoms. The maximum Gasteiger partial charge on any atom is 0.238 e. The fourth-order valence-corrected chi connectivity index (χ4v) is 3.45. The van der Waals surface area contributed by atoms with E-state index in [0.717, 1.165) is 35.9 Å². The summed E-state index contributed by atoms with van der Waals surface area (Å²) >= 11 is 5.96. The lowest BCUT2D eigenvalue weighted by Gasteiger charge is -2.32. The number of anilines is 1. The fraction of sp³-hybridized carbons (Fsp3) is 0.588. The van der Waals surface area contributed by atoms with Crippen molar-refractivity contribution < 1.29 is 4.79 Å². The predicted molar refractivity (Wildman–Crippen MR) is 88.8 cm³/mol. The van der Waals surface area contributed by atoms with Gasteiger partial charge in [0.2, 0.25) is 5.91 Å². The number of aryl methyl sites for hydroxylation is 1. The first-order valence-corrected chi connectivity index (χ1v) is 8.11. The number of nitrogens with one attached hydrogen (secondary N) is 2. The number of hydrogen-bond acceptors (Lipinski definition) is 2. The second-order valence-electron chi connectivity index (χ2n) is 6.50. The van der Waals surface area contributed by atoms with E-state index in [1.165, 1.54) is 6.42 Å². The summed E-state index contributed by atoms with van der Waals surface area (Å²) in [5.74, 6) is 1.47. The Morgan fingerprint density at radius 3 is 2.57 bits per heavy atom. The Hall–Kier alpha value is -1.06. The Bertz CT molecular complexity index is 494. The maximum atomic E-state index is 12.1. The number of benzene rings is 1. The number of carbonyl (C=O) groups excluding carboxylic acids is 1. The molecule has 4 heteroatoms. The molecule has 1 aliphatic carbocycles. The Labute approximate surface area is 132 Å². The molecule has 2 N–H and O–H groups in total. The normalized spacial score (nSPS) is 25.6. The molecule has 116 valence electrons. The van der Waals surface area contributed by atoms with Crippen molar-refractivity contribution >= 4 is 23.2 Å². The zero-order chi connectivity index (χ0) is 15.4. The molecule has 0 saturated heterocycles. The minimum atomic E-state index is -0.00811. The number of rotatable bonds is 4. The summed E-state index contributed by atoms with van der Waals surface area (Å²) in [5, 5.41) is 6.96. The largest absolute Gasteiger partial charge is 0.325 e. The first-order valence-electron chi connectivity index (χ1n) is 7.73. The highest BCUT2D eigenvalue weighted by molar-refractivity contribution is 6.31. The molecular weight excluding hydrogens is 284 g/mol. The van der Waals surface area contributed by atoms with Gasteiger partial charge < -0.3 is 10.6 Å². The van der Waals surface area contributed by atoms with Crippen molar-refractivity contribution in [2.45, 2.75) is 46.1 Å². The van der Waals surface area contributed by atoms with Crippen LogP contribution in [0.2, 0.25) is 5.02 Å². The summed E-state index contributed by atoms with van der Waals surface area (Å²) in [7, 11) is 0. The number of hydrogen-bond donors (Lipinski definition) is 2. The van der Waals surface area contributed by atoms with Crippen molar-refractivity contribution in [1.29, 1.82) is 0 Å². The van der Waals surface area contributed by atoms with Crippen LogP contribution in [0.1, 0.15) is 38.7 Å². The molecular formula is C17H25ClN2O. The summed E-state index contributed by atoms with van der Waals surface area (Å²) in [6.07, 6.45) is 3.62. The van der Waals surface area contributed by atoms with Crippen molar-refractivity contribution in [3.8, 4) is 0 Å². The highest BCUT2D eigenvalue weighted by atomic mass is 35.5. The molecule has 1 aromatic carbocycles. The number of halogens is 1. The first kappa shape index (κ1) is 16.3. The van der Waals surface area contributed by atoms with Crippen LogP contribution in [0, 0.1) is 18.8 Å².